The Labute approximate surface area is 74.7 Å². The Bertz CT molecular complexity index is 33.8. The molecule has 6 heavy (non-hydrogen) atoms. The van der Waals surface area contributed by atoms with E-state index in [1.807, 2.05) is 0 Å². The molecule has 0 aliphatic heterocycles. The van der Waals surface area contributed by atoms with E-state index >= 15 is 0 Å². The minimum absolute atomic E-state index is 0. The molecular formula is O3SiYZn+3. The predicted molar refractivity (Wildman–Crippen MR) is 6.44 cm³/mol. The third-order valence-electron chi connectivity index (χ3n) is 0. The summed E-state index contributed by atoms with van der Waals surface area (Å²) in [6.07, 6.45) is 0. The normalized spacial score (nSPS) is 4.00. The summed E-state index contributed by atoms with van der Waals surface area (Å²) >= 11 is 0. The maximum Gasteiger partial charge on any atom is 3.00 e. The van der Waals surface area contributed by atoms with Gasteiger partial charge in [-0.25, -0.2) is 0 Å². The monoisotopic (exact) mass is 229 g/mol. The van der Waals surface area contributed by atoms with E-state index in [1.54, 1.807) is 0 Å². The van der Waals surface area contributed by atoms with Crippen molar-refractivity contribution in [3.8, 4) is 0 Å². The van der Waals surface area contributed by atoms with Crippen LogP contribution in [0.2, 0.25) is 0 Å². The van der Waals surface area contributed by atoms with Crippen molar-refractivity contribution in [2.45, 2.75) is 0 Å². The average Bonchev–Trinajstić information content (AvgIpc) is 0.811. The number of hydrogen-bond donors (Lipinski definition) is 0. The quantitative estimate of drug-likeness (QED) is 0.420. The van der Waals surface area contributed by atoms with Gasteiger partial charge in [0.05, 0.1) is 0 Å². The molecule has 6 heteroatoms. The van der Waals surface area contributed by atoms with Gasteiger partial charge < -0.3 is 14.1 Å². The van der Waals surface area contributed by atoms with Gasteiger partial charge in [-0.2, -0.15) is 0 Å². The molecule has 0 fully saturated rings. The first-order valence-corrected chi connectivity index (χ1v) is 1.84. The molecule has 0 rings (SSSR count). The van der Waals surface area contributed by atoms with Crippen LogP contribution in [0.5, 0.6) is 0 Å². The molecule has 0 spiro atoms. The fraction of sp³-hybridized carbons (Fsp3) is 0. The predicted octanol–water partition coefficient (Wildman–Crippen LogP) is -2.88. The van der Waals surface area contributed by atoms with Crippen LogP contribution in [-0.4, -0.2) is 9.17 Å². The zero-order valence-corrected chi connectivity index (χ0v) is 9.81. The molecule has 0 bridgehead atoms. The summed E-state index contributed by atoms with van der Waals surface area (Å²) in [5.74, 6) is 0. The molecule has 0 saturated heterocycles. The largest absolute Gasteiger partial charge is 3.00 e. The van der Waals surface area contributed by atoms with Crippen LogP contribution in [0, 0.1) is 0 Å². The van der Waals surface area contributed by atoms with Crippen molar-refractivity contribution in [3.05, 3.63) is 0 Å². The smallest absolute Gasteiger partial charge is 0.672 e. The van der Waals surface area contributed by atoms with Crippen LogP contribution < -0.4 is 9.59 Å². The maximum atomic E-state index is 8.52. The molecule has 0 aromatic heterocycles. The van der Waals surface area contributed by atoms with Crippen LogP contribution in [0.3, 0.4) is 0 Å². The number of rotatable bonds is 0. The van der Waals surface area contributed by atoms with Gasteiger partial charge in [0.15, 0.2) is 0 Å². The van der Waals surface area contributed by atoms with E-state index < -0.39 is 9.17 Å². The molecule has 24 valence electrons. The summed E-state index contributed by atoms with van der Waals surface area (Å²) < 4.78 is 8.52. The van der Waals surface area contributed by atoms with Crippen molar-refractivity contribution in [2.75, 3.05) is 0 Å². The molecule has 0 heterocycles. The Morgan fingerprint density at radius 1 is 1.33 bits per heavy atom. The van der Waals surface area contributed by atoms with Crippen LogP contribution in [0.4, 0.5) is 0 Å². The van der Waals surface area contributed by atoms with Gasteiger partial charge in [0.2, 0.25) is 0 Å². The van der Waals surface area contributed by atoms with Crippen LogP contribution in [0.1, 0.15) is 0 Å². The van der Waals surface area contributed by atoms with Gasteiger partial charge in [-0.05, 0) is 0 Å². The van der Waals surface area contributed by atoms with Gasteiger partial charge in [0.25, 0.3) is 0 Å². The summed E-state index contributed by atoms with van der Waals surface area (Å²) in [5.41, 5.74) is 0. The molecule has 0 aliphatic rings. The van der Waals surface area contributed by atoms with Crippen molar-refractivity contribution in [1.82, 2.24) is 0 Å². The average molecular weight is 230 g/mol. The van der Waals surface area contributed by atoms with E-state index in [1.165, 1.54) is 0 Å². The van der Waals surface area contributed by atoms with E-state index in [4.69, 9.17) is 14.1 Å². The zero-order valence-electron chi connectivity index (χ0n) is 3.01. The summed E-state index contributed by atoms with van der Waals surface area (Å²) in [7, 11) is -3.63. The van der Waals surface area contributed by atoms with Gasteiger partial charge in [0, 0.05) is 9.17 Å². The Balaban J connectivity index is -0.0000000450. The van der Waals surface area contributed by atoms with Crippen molar-refractivity contribution < 1.29 is 66.2 Å². The standard InChI is InChI=1S/O3Si.Y.Zn/c1-4(2)3;;/q-2;+3;+2. The van der Waals surface area contributed by atoms with E-state index in [0.29, 0.717) is 0 Å². The van der Waals surface area contributed by atoms with Gasteiger partial charge >= 0.3 is 52.2 Å². The van der Waals surface area contributed by atoms with Crippen molar-refractivity contribution >= 4 is 9.17 Å². The summed E-state index contributed by atoms with van der Waals surface area (Å²) in [6.45, 7) is 0. The molecule has 0 aliphatic carbocycles. The fourth-order valence-corrected chi connectivity index (χ4v) is 0. The third kappa shape index (κ3) is 55.8. The first-order valence-electron chi connectivity index (χ1n) is 0.612. The molecule has 0 amide bonds. The molecule has 0 saturated carbocycles. The van der Waals surface area contributed by atoms with Crippen molar-refractivity contribution in [1.29, 1.82) is 0 Å². The van der Waals surface area contributed by atoms with Crippen molar-refractivity contribution in [3.63, 3.8) is 0 Å². The van der Waals surface area contributed by atoms with Gasteiger partial charge in [0.1, 0.15) is 0 Å². The van der Waals surface area contributed by atoms with Crippen LogP contribution in [-0.2, 0) is 56.6 Å². The second-order valence-corrected chi connectivity index (χ2v) is 0.750. The molecule has 3 nitrogen and oxygen atoms in total. The van der Waals surface area contributed by atoms with Gasteiger partial charge in [-0.3, -0.25) is 0 Å². The topological polar surface area (TPSA) is 63.2 Å². The molecule has 0 aromatic carbocycles. The molecule has 0 unspecified atom stereocenters. The summed E-state index contributed by atoms with van der Waals surface area (Å²) in [4.78, 5) is 17.0. The SMILES string of the molecule is O=[Si]([O-])[O-].[Y+3].[Zn+2]. The zero-order chi connectivity index (χ0) is 3.58. The molecular weight excluding hydrogens is 230 g/mol. The molecule has 0 N–H and O–H groups in total. The Morgan fingerprint density at radius 2 is 1.33 bits per heavy atom. The van der Waals surface area contributed by atoms with Crippen LogP contribution >= 0.6 is 0 Å². The van der Waals surface area contributed by atoms with Gasteiger partial charge in [-0.1, -0.05) is 0 Å². The summed E-state index contributed by atoms with van der Waals surface area (Å²) in [5, 5.41) is 0. The minimum Gasteiger partial charge on any atom is -0.672 e. The second-order valence-electron chi connectivity index (χ2n) is 0.250. The molecule has 0 atom stereocenters. The minimum atomic E-state index is -3.63. The van der Waals surface area contributed by atoms with Crippen molar-refractivity contribution in [2.24, 2.45) is 0 Å². The van der Waals surface area contributed by atoms with E-state index in [9.17, 15) is 0 Å². The first-order chi connectivity index (χ1) is 1.73. The summed E-state index contributed by atoms with van der Waals surface area (Å²) in [6, 6.07) is 0. The number of hydrogen-bond acceptors (Lipinski definition) is 3. The van der Waals surface area contributed by atoms with E-state index in [2.05, 4.69) is 0 Å². The van der Waals surface area contributed by atoms with Gasteiger partial charge in [-0.15, -0.1) is 0 Å². The molecule has 0 radical (unpaired) electrons. The van der Waals surface area contributed by atoms with Crippen LogP contribution in [0.25, 0.3) is 0 Å². The Kier molecular flexibility index (Phi) is 25.1. The van der Waals surface area contributed by atoms with E-state index in [-0.39, 0.29) is 52.2 Å². The third-order valence-corrected chi connectivity index (χ3v) is 0. The maximum absolute atomic E-state index is 8.52. The van der Waals surface area contributed by atoms with Crippen LogP contribution in [0.15, 0.2) is 0 Å². The second kappa shape index (κ2) is 9.60. The Morgan fingerprint density at radius 3 is 1.33 bits per heavy atom. The Hall–Kier alpha value is 1.34. The van der Waals surface area contributed by atoms with E-state index in [0.717, 1.165) is 0 Å². The molecule has 0 aromatic rings. The fourth-order valence-electron chi connectivity index (χ4n) is 0. The first kappa shape index (κ1) is 15.7.